The lowest BCUT2D eigenvalue weighted by Gasteiger charge is -2.10. The fourth-order valence-electron chi connectivity index (χ4n) is 3.07. The predicted octanol–water partition coefficient (Wildman–Crippen LogP) is 4.72. The van der Waals surface area contributed by atoms with Crippen molar-refractivity contribution in [1.29, 1.82) is 0 Å². The number of phenolic OH excluding ortho intramolecular Hbond substituents is 1. The number of carboxylic acid groups (broad SMARTS) is 1. The van der Waals surface area contributed by atoms with Gasteiger partial charge in [0.1, 0.15) is 11.4 Å². The van der Waals surface area contributed by atoms with E-state index in [0.717, 1.165) is 5.01 Å². The van der Waals surface area contributed by atoms with Crippen LogP contribution in [-0.4, -0.2) is 33.0 Å². The highest BCUT2D eigenvalue weighted by molar-refractivity contribution is 7.12. The molecular weight excluding hydrogens is 490 g/mol. The largest absolute Gasteiger partial charge is 0.508 e. The Morgan fingerprint density at radius 3 is 2.49 bits per heavy atom. The van der Waals surface area contributed by atoms with E-state index in [1.165, 1.54) is 47.7 Å². The van der Waals surface area contributed by atoms with Gasteiger partial charge in [0.15, 0.2) is 0 Å². The van der Waals surface area contributed by atoms with Crippen molar-refractivity contribution in [3.05, 3.63) is 85.5 Å². The molecule has 0 aliphatic rings. The van der Waals surface area contributed by atoms with Crippen molar-refractivity contribution < 1.29 is 24.6 Å². The summed E-state index contributed by atoms with van der Waals surface area (Å²) in [4.78, 5) is 42.1. The summed E-state index contributed by atoms with van der Waals surface area (Å²) in [5, 5.41) is 25.1. The molecule has 2 aromatic carbocycles. The average molecular weight is 514 g/mol. The Kier molecular flexibility index (Phi) is 8.26. The van der Waals surface area contributed by atoms with E-state index in [1.54, 1.807) is 19.1 Å². The number of aromatic nitrogens is 1. The Morgan fingerprint density at radius 1 is 1.14 bits per heavy atom. The summed E-state index contributed by atoms with van der Waals surface area (Å²) in [6.45, 7) is 5.94. The first-order chi connectivity index (χ1) is 16.5. The van der Waals surface area contributed by atoms with E-state index in [9.17, 15) is 24.6 Å². The van der Waals surface area contributed by atoms with Crippen molar-refractivity contribution in [3.8, 4) is 5.75 Å². The number of nitrogens with one attached hydrogen (secondary N) is 2. The Morgan fingerprint density at radius 2 is 1.89 bits per heavy atom. The standard InChI is InChI=1S/C25H24ClN3O5S/c1-13(2)24-28-14(3)21(35-24)11-20(25(33)34)29-23(32)18-8-7-16(10-19(18)26)22(31)27-12-15-5-4-6-17(30)9-15/h4-11,13,30H,12H2,1-3H3,(H,27,31)(H,29,32)(H,33,34)/b20-11+. The van der Waals surface area contributed by atoms with Crippen molar-refractivity contribution in [1.82, 2.24) is 15.6 Å². The molecule has 0 bridgehead atoms. The van der Waals surface area contributed by atoms with Crippen molar-refractivity contribution in [2.75, 3.05) is 0 Å². The van der Waals surface area contributed by atoms with Gasteiger partial charge in [0.2, 0.25) is 0 Å². The van der Waals surface area contributed by atoms with Crippen LogP contribution in [0.5, 0.6) is 5.75 Å². The summed E-state index contributed by atoms with van der Waals surface area (Å²) >= 11 is 7.61. The molecule has 0 saturated heterocycles. The Labute approximate surface area is 211 Å². The minimum absolute atomic E-state index is 0.00620. The molecule has 1 heterocycles. The van der Waals surface area contributed by atoms with Gasteiger partial charge in [-0.15, -0.1) is 11.3 Å². The maximum absolute atomic E-state index is 12.8. The monoisotopic (exact) mass is 513 g/mol. The van der Waals surface area contributed by atoms with Gasteiger partial charge >= 0.3 is 5.97 Å². The SMILES string of the molecule is Cc1nc(C(C)C)sc1/C=C(/NC(=O)c1ccc(C(=O)NCc2cccc(O)c2)cc1Cl)C(=O)O. The zero-order chi connectivity index (χ0) is 25.7. The zero-order valence-corrected chi connectivity index (χ0v) is 20.8. The lowest BCUT2D eigenvalue weighted by Crippen LogP contribution is -2.28. The van der Waals surface area contributed by atoms with E-state index in [0.29, 0.717) is 16.1 Å². The number of amides is 2. The Hall–Kier alpha value is -3.69. The van der Waals surface area contributed by atoms with E-state index in [4.69, 9.17) is 11.6 Å². The van der Waals surface area contributed by atoms with Crippen LogP contribution in [-0.2, 0) is 11.3 Å². The third kappa shape index (κ3) is 6.68. The van der Waals surface area contributed by atoms with Gasteiger partial charge in [0, 0.05) is 18.0 Å². The molecule has 0 unspecified atom stereocenters. The molecule has 0 saturated carbocycles. The first-order valence-corrected chi connectivity index (χ1v) is 11.8. The number of rotatable bonds is 8. The van der Waals surface area contributed by atoms with Crippen LogP contribution in [0.15, 0.2) is 48.2 Å². The number of nitrogens with zero attached hydrogens (tertiary/aromatic N) is 1. The fourth-order valence-corrected chi connectivity index (χ4v) is 4.35. The van der Waals surface area contributed by atoms with Gasteiger partial charge in [-0.25, -0.2) is 9.78 Å². The van der Waals surface area contributed by atoms with Crippen LogP contribution in [0.3, 0.4) is 0 Å². The second-order valence-corrected chi connectivity index (χ2v) is 9.49. The van der Waals surface area contributed by atoms with E-state index in [1.807, 2.05) is 13.8 Å². The third-order valence-corrected chi connectivity index (χ3v) is 6.65. The number of aryl methyl sites for hydroxylation is 1. The molecule has 3 aromatic rings. The Balaban J connectivity index is 1.73. The van der Waals surface area contributed by atoms with Gasteiger partial charge < -0.3 is 20.8 Å². The number of carbonyl (C=O) groups is 3. The minimum atomic E-state index is -1.31. The van der Waals surface area contributed by atoms with Crippen LogP contribution >= 0.6 is 22.9 Å². The highest BCUT2D eigenvalue weighted by Gasteiger charge is 2.19. The van der Waals surface area contributed by atoms with Gasteiger partial charge in [-0.3, -0.25) is 9.59 Å². The highest BCUT2D eigenvalue weighted by atomic mass is 35.5. The molecule has 0 fully saturated rings. The molecule has 0 aliphatic heterocycles. The van der Waals surface area contributed by atoms with Gasteiger partial charge in [0.05, 0.1) is 26.2 Å². The molecule has 35 heavy (non-hydrogen) atoms. The lowest BCUT2D eigenvalue weighted by atomic mass is 10.1. The quantitative estimate of drug-likeness (QED) is 0.323. The number of hydrogen-bond acceptors (Lipinski definition) is 6. The molecule has 1 aromatic heterocycles. The van der Waals surface area contributed by atoms with Crippen molar-refractivity contribution in [3.63, 3.8) is 0 Å². The second-order valence-electron chi connectivity index (χ2n) is 8.02. The summed E-state index contributed by atoms with van der Waals surface area (Å²) in [6.07, 6.45) is 1.37. The highest BCUT2D eigenvalue weighted by Crippen LogP contribution is 2.26. The summed E-state index contributed by atoms with van der Waals surface area (Å²) in [5.41, 5.74) is 1.31. The van der Waals surface area contributed by atoms with Crippen LogP contribution in [0.4, 0.5) is 0 Å². The molecular formula is C25H24ClN3O5S. The molecule has 182 valence electrons. The molecule has 0 aliphatic carbocycles. The summed E-state index contributed by atoms with van der Waals surface area (Å²) in [7, 11) is 0. The molecule has 0 atom stereocenters. The number of carbonyl (C=O) groups excluding carboxylic acids is 2. The van der Waals surface area contributed by atoms with E-state index < -0.39 is 17.8 Å². The van der Waals surface area contributed by atoms with Crippen molar-refractivity contribution in [2.45, 2.75) is 33.2 Å². The van der Waals surface area contributed by atoms with Crippen LogP contribution in [0.2, 0.25) is 5.02 Å². The summed E-state index contributed by atoms with van der Waals surface area (Å²) in [5.74, 6) is -2.17. The minimum Gasteiger partial charge on any atom is -0.508 e. The topological polar surface area (TPSA) is 129 Å². The average Bonchev–Trinajstić information content (AvgIpc) is 3.17. The number of halogens is 1. The van der Waals surface area contributed by atoms with Crippen molar-refractivity contribution >= 4 is 46.8 Å². The number of thiazole rings is 1. The Bertz CT molecular complexity index is 1320. The normalized spacial score (nSPS) is 11.4. The predicted molar refractivity (Wildman–Crippen MR) is 135 cm³/mol. The molecule has 8 nitrogen and oxygen atoms in total. The number of phenols is 1. The molecule has 0 spiro atoms. The van der Waals surface area contributed by atoms with Crippen LogP contribution < -0.4 is 10.6 Å². The number of carboxylic acids is 1. The smallest absolute Gasteiger partial charge is 0.352 e. The van der Waals surface area contributed by atoms with E-state index in [2.05, 4.69) is 15.6 Å². The maximum atomic E-state index is 12.8. The van der Waals surface area contributed by atoms with E-state index >= 15 is 0 Å². The number of hydrogen-bond donors (Lipinski definition) is 4. The van der Waals surface area contributed by atoms with Crippen LogP contribution in [0, 0.1) is 6.92 Å². The lowest BCUT2D eigenvalue weighted by molar-refractivity contribution is -0.132. The zero-order valence-electron chi connectivity index (χ0n) is 19.3. The van der Waals surface area contributed by atoms with Crippen LogP contribution in [0.1, 0.15) is 61.6 Å². The van der Waals surface area contributed by atoms with Crippen LogP contribution in [0.25, 0.3) is 6.08 Å². The third-order valence-electron chi connectivity index (χ3n) is 4.94. The molecule has 2 amide bonds. The number of benzene rings is 2. The first kappa shape index (κ1) is 25.9. The summed E-state index contributed by atoms with van der Waals surface area (Å²) in [6, 6.07) is 10.6. The molecule has 10 heteroatoms. The van der Waals surface area contributed by atoms with Gasteiger partial charge in [-0.1, -0.05) is 37.6 Å². The fraction of sp³-hybridized carbons (Fsp3) is 0.200. The van der Waals surface area contributed by atoms with E-state index in [-0.39, 0.29) is 40.1 Å². The maximum Gasteiger partial charge on any atom is 0.352 e. The molecule has 4 N–H and O–H groups in total. The van der Waals surface area contributed by atoms with Crippen molar-refractivity contribution in [2.24, 2.45) is 0 Å². The first-order valence-electron chi connectivity index (χ1n) is 10.6. The second kappa shape index (κ2) is 11.2. The van der Waals surface area contributed by atoms with Gasteiger partial charge in [-0.2, -0.15) is 0 Å². The van der Waals surface area contributed by atoms with Gasteiger partial charge in [-0.05, 0) is 48.9 Å². The summed E-state index contributed by atoms with van der Waals surface area (Å²) < 4.78 is 0. The molecule has 0 radical (unpaired) electrons. The number of aromatic hydroxyl groups is 1. The number of aliphatic carboxylic acids is 1. The molecule has 3 rings (SSSR count). The van der Waals surface area contributed by atoms with Gasteiger partial charge in [0.25, 0.3) is 11.8 Å².